The van der Waals surface area contributed by atoms with Crippen LogP contribution < -0.4 is 14.8 Å². The average Bonchev–Trinajstić information content (AvgIpc) is 2.91. The minimum atomic E-state index is -0.0816. The van der Waals surface area contributed by atoms with E-state index in [1.54, 1.807) is 0 Å². The number of benzene rings is 1. The van der Waals surface area contributed by atoms with E-state index in [1.807, 2.05) is 29.6 Å². The molecule has 6 heteroatoms. The molecule has 0 spiro atoms. The molecule has 0 unspecified atom stereocenters. The van der Waals surface area contributed by atoms with Crippen molar-refractivity contribution in [3.8, 4) is 11.5 Å². The zero-order valence-electron chi connectivity index (χ0n) is 10.5. The van der Waals surface area contributed by atoms with Crippen LogP contribution in [0.5, 0.6) is 11.5 Å². The molecule has 1 N–H and O–H groups in total. The number of amides is 1. The first-order valence-corrected chi connectivity index (χ1v) is 7.80. The first kappa shape index (κ1) is 13.5. The van der Waals surface area contributed by atoms with Crippen LogP contribution in [-0.4, -0.2) is 19.1 Å². The quantitative estimate of drug-likeness (QED) is 0.921. The minimum Gasteiger partial charge on any atom is -0.486 e. The first-order valence-electron chi connectivity index (χ1n) is 6.13. The molecule has 3 rings (SSSR count). The van der Waals surface area contributed by atoms with E-state index in [4.69, 9.17) is 9.47 Å². The summed E-state index contributed by atoms with van der Waals surface area (Å²) in [6.45, 7) is 1.60. The summed E-state index contributed by atoms with van der Waals surface area (Å²) in [4.78, 5) is 11.9. The van der Waals surface area contributed by atoms with Crippen molar-refractivity contribution in [3.05, 3.63) is 44.6 Å². The first-order chi connectivity index (χ1) is 9.72. The molecule has 4 nitrogen and oxygen atoms in total. The fourth-order valence-corrected chi connectivity index (χ4v) is 3.05. The zero-order valence-corrected chi connectivity index (χ0v) is 12.9. The van der Waals surface area contributed by atoms with E-state index in [2.05, 4.69) is 21.2 Å². The number of fused-ring (bicyclic) bond motifs is 1. The van der Waals surface area contributed by atoms with Crippen molar-refractivity contribution in [2.45, 2.75) is 6.54 Å². The number of halogens is 1. The Morgan fingerprint density at radius 3 is 2.80 bits per heavy atom. The molecule has 0 bridgehead atoms. The van der Waals surface area contributed by atoms with Crippen LogP contribution >= 0.6 is 27.3 Å². The molecule has 1 aromatic carbocycles. The number of nitrogens with one attached hydrogen (secondary N) is 1. The Balaban J connectivity index is 1.65. The molecule has 2 aromatic rings. The van der Waals surface area contributed by atoms with E-state index < -0.39 is 0 Å². The van der Waals surface area contributed by atoms with Gasteiger partial charge < -0.3 is 14.8 Å². The summed E-state index contributed by atoms with van der Waals surface area (Å²) in [5.74, 6) is 1.41. The molecule has 0 fully saturated rings. The standard InChI is InChI=1S/C14H12BrNO3S/c15-13-6-10(8-20-13)14(17)16-7-9-1-2-11-12(5-9)19-4-3-18-11/h1-2,5-6,8H,3-4,7H2,(H,16,17). The highest BCUT2D eigenvalue weighted by Crippen LogP contribution is 2.30. The van der Waals surface area contributed by atoms with Gasteiger partial charge in [0, 0.05) is 11.9 Å². The molecule has 1 aromatic heterocycles. The maximum absolute atomic E-state index is 11.9. The van der Waals surface area contributed by atoms with Crippen molar-refractivity contribution in [2.75, 3.05) is 13.2 Å². The van der Waals surface area contributed by atoms with Gasteiger partial charge in [-0.25, -0.2) is 0 Å². The molecule has 1 aliphatic heterocycles. The van der Waals surface area contributed by atoms with E-state index in [-0.39, 0.29) is 5.91 Å². The van der Waals surface area contributed by atoms with Crippen LogP contribution in [0.1, 0.15) is 15.9 Å². The van der Waals surface area contributed by atoms with Crippen LogP contribution in [0.25, 0.3) is 0 Å². The SMILES string of the molecule is O=C(NCc1ccc2c(c1)OCCO2)c1csc(Br)c1. The van der Waals surface area contributed by atoms with Gasteiger partial charge in [0.1, 0.15) is 13.2 Å². The van der Waals surface area contributed by atoms with Gasteiger partial charge in [-0.1, -0.05) is 6.07 Å². The maximum Gasteiger partial charge on any atom is 0.252 e. The third kappa shape index (κ3) is 2.96. The van der Waals surface area contributed by atoms with Gasteiger partial charge in [-0.05, 0) is 39.7 Å². The summed E-state index contributed by atoms with van der Waals surface area (Å²) in [7, 11) is 0. The highest BCUT2D eigenvalue weighted by Gasteiger charge is 2.12. The summed E-state index contributed by atoms with van der Waals surface area (Å²) >= 11 is 4.84. The molecule has 2 heterocycles. The van der Waals surface area contributed by atoms with E-state index in [1.165, 1.54) is 11.3 Å². The Hall–Kier alpha value is -1.53. The summed E-state index contributed by atoms with van der Waals surface area (Å²) in [5, 5.41) is 4.71. The lowest BCUT2D eigenvalue weighted by molar-refractivity contribution is 0.0951. The van der Waals surface area contributed by atoms with Crippen molar-refractivity contribution in [2.24, 2.45) is 0 Å². The van der Waals surface area contributed by atoms with Gasteiger partial charge in [0.15, 0.2) is 11.5 Å². The smallest absolute Gasteiger partial charge is 0.252 e. The second kappa shape index (κ2) is 5.85. The lowest BCUT2D eigenvalue weighted by atomic mass is 10.2. The van der Waals surface area contributed by atoms with E-state index in [0.717, 1.165) is 20.8 Å². The molecular formula is C14H12BrNO3S. The van der Waals surface area contributed by atoms with Crippen LogP contribution in [0.15, 0.2) is 33.4 Å². The van der Waals surface area contributed by atoms with Crippen LogP contribution in [0.3, 0.4) is 0 Å². The molecule has 0 atom stereocenters. The van der Waals surface area contributed by atoms with Gasteiger partial charge in [0.25, 0.3) is 5.91 Å². The molecule has 1 amide bonds. The Bertz CT molecular complexity index is 641. The lowest BCUT2D eigenvalue weighted by Crippen LogP contribution is -2.22. The number of carbonyl (C=O) groups is 1. The molecule has 0 saturated heterocycles. The average molecular weight is 354 g/mol. The van der Waals surface area contributed by atoms with Gasteiger partial charge in [-0.3, -0.25) is 4.79 Å². The predicted molar refractivity (Wildman–Crippen MR) is 80.6 cm³/mol. The van der Waals surface area contributed by atoms with Gasteiger partial charge in [-0.2, -0.15) is 0 Å². The Morgan fingerprint density at radius 1 is 1.25 bits per heavy atom. The number of thiophene rings is 1. The summed E-state index contributed by atoms with van der Waals surface area (Å²) in [6.07, 6.45) is 0. The molecule has 0 saturated carbocycles. The van der Waals surface area contributed by atoms with E-state index in [0.29, 0.717) is 25.3 Å². The number of hydrogen-bond donors (Lipinski definition) is 1. The highest BCUT2D eigenvalue weighted by molar-refractivity contribution is 9.11. The van der Waals surface area contributed by atoms with E-state index in [9.17, 15) is 4.79 Å². The summed E-state index contributed by atoms with van der Waals surface area (Å²) in [6, 6.07) is 7.51. The van der Waals surface area contributed by atoms with Crippen LogP contribution in [0.4, 0.5) is 0 Å². The second-order valence-electron chi connectivity index (χ2n) is 4.30. The monoisotopic (exact) mass is 353 g/mol. The molecule has 1 aliphatic rings. The zero-order chi connectivity index (χ0) is 13.9. The van der Waals surface area contributed by atoms with Crippen LogP contribution in [0.2, 0.25) is 0 Å². The molecule has 20 heavy (non-hydrogen) atoms. The topological polar surface area (TPSA) is 47.6 Å². The molecule has 0 radical (unpaired) electrons. The van der Waals surface area contributed by atoms with Crippen LogP contribution in [0, 0.1) is 0 Å². The molecule has 0 aliphatic carbocycles. The molecular weight excluding hydrogens is 342 g/mol. The van der Waals surface area contributed by atoms with Crippen molar-refractivity contribution >= 4 is 33.2 Å². The Morgan fingerprint density at radius 2 is 2.05 bits per heavy atom. The normalized spacial score (nSPS) is 13.1. The predicted octanol–water partition coefficient (Wildman–Crippen LogP) is 3.21. The third-order valence-corrected chi connectivity index (χ3v) is 4.39. The number of ether oxygens (including phenoxy) is 2. The van der Waals surface area contributed by atoms with Crippen molar-refractivity contribution in [1.29, 1.82) is 0 Å². The molecule has 104 valence electrons. The Kier molecular flexibility index (Phi) is 3.93. The number of hydrogen-bond acceptors (Lipinski definition) is 4. The van der Waals surface area contributed by atoms with Gasteiger partial charge in [-0.15, -0.1) is 11.3 Å². The van der Waals surface area contributed by atoms with Crippen LogP contribution in [-0.2, 0) is 6.54 Å². The lowest BCUT2D eigenvalue weighted by Gasteiger charge is -2.18. The summed E-state index contributed by atoms with van der Waals surface area (Å²) < 4.78 is 11.9. The van der Waals surface area contributed by atoms with E-state index >= 15 is 0 Å². The van der Waals surface area contributed by atoms with Gasteiger partial charge >= 0.3 is 0 Å². The van der Waals surface area contributed by atoms with Gasteiger partial charge in [0.2, 0.25) is 0 Å². The fourth-order valence-electron chi connectivity index (χ4n) is 1.91. The minimum absolute atomic E-state index is 0.0816. The van der Waals surface area contributed by atoms with Crippen molar-refractivity contribution in [3.63, 3.8) is 0 Å². The maximum atomic E-state index is 11.9. The third-order valence-electron chi connectivity index (χ3n) is 2.89. The van der Waals surface area contributed by atoms with Gasteiger partial charge in [0.05, 0.1) is 9.35 Å². The Labute approximate surface area is 128 Å². The highest BCUT2D eigenvalue weighted by atomic mass is 79.9. The van der Waals surface area contributed by atoms with Crippen molar-refractivity contribution < 1.29 is 14.3 Å². The van der Waals surface area contributed by atoms with Crippen molar-refractivity contribution in [1.82, 2.24) is 5.32 Å². The summed E-state index contributed by atoms with van der Waals surface area (Å²) in [5.41, 5.74) is 1.65. The number of carbonyl (C=O) groups excluding carboxylic acids is 1. The number of rotatable bonds is 3. The second-order valence-corrected chi connectivity index (χ2v) is 6.59. The fraction of sp³-hybridized carbons (Fsp3) is 0.214. The largest absolute Gasteiger partial charge is 0.486 e.